The van der Waals surface area contributed by atoms with Crippen molar-refractivity contribution in [3.05, 3.63) is 23.8 Å². The minimum absolute atomic E-state index is 0.598. The number of nitrogens with zero attached hydrogens (tertiary/aromatic N) is 2. The average molecular weight is 187 g/mol. The maximum atomic E-state index is 5.92. The van der Waals surface area contributed by atoms with Gasteiger partial charge in [-0.15, -0.1) is 0 Å². The van der Waals surface area contributed by atoms with Crippen molar-refractivity contribution >= 4 is 17.0 Å². The van der Waals surface area contributed by atoms with Crippen molar-refractivity contribution in [2.24, 2.45) is 0 Å². The lowest BCUT2D eigenvalue weighted by Crippen LogP contribution is -2.01. The Labute approximate surface area is 82.5 Å². The van der Waals surface area contributed by atoms with Crippen LogP contribution in [0.1, 0.15) is 24.4 Å². The fourth-order valence-corrected chi connectivity index (χ4v) is 2.04. The number of hydrogen-bond donors (Lipinski definition) is 1. The molecular formula is C11H13N3. The second-order valence-corrected chi connectivity index (χ2v) is 4.01. The molecule has 0 radical (unpaired) electrons. The molecule has 0 saturated heterocycles. The van der Waals surface area contributed by atoms with Gasteiger partial charge in [-0.05, 0) is 31.4 Å². The van der Waals surface area contributed by atoms with E-state index in [9.17, 15) is 0 Å². The van der Waals surface area contributed by atoms with E-state index in [4.69, 9.17) is 5.73 Å². The lowest BCUT2D eigenvalue weighted by Gasteiger charge is -2.05. The molecule has 2 N–H and O–H groups in total. The first kappa shape index (κ1) is 7.85. The van der Waals surface area contributed by atoms with Gasteiger partial charge in [-0.25, -0.2) is 4.98 Å². The third kappa shape index (κ3) is 0.953. The number of benzene rings is 1. The number of rotatable bonds is 1. The predicted molar refractivity (Wildman–Crippen MR) is 57.2 cm³/mol. The SMILES string of the molecule is Cc1cccc2nc(N)n(C3CC3)c12. The minimum atomic E-state index is 0.598. The molecule has 1 saturated carbocycles. The molecule has 1 aromatic carbocycles. The fraction of sp³-hybridized carbons (Fsp3) is 0.364. The van der Waals surface area contributed by atoms with Gasteiger partial charge in [0.1, 0.15) is 0 Å². The molecule has 0 unspecified atom stereocenters. The Morgan fingerprint density at radius 3 is 2.93 bits per heavy atom. The summed E-state index contributed by atoms with van der Waals surface area (Å²) >= 11 is 0. The Morgan fingerprint density at radius 1 is 1.43 bits per heavy atom. The molecule has 1 aromatic heterocycles. The molecule has 14 heavy (non-hydrogen) atoms. The highest BCUT2D eigenvalue weighted by molar-refractivity contribution is 5.81. The van der Waals surface area contributed by atoms with Gasteiger partial charge in [0.25, 0.3) is 0 Å². The van der Waals surface area contributed by atoms with Crippen LogP contribution in [0.3, 0.4) is 0 Å². The first-order valence-electron chi connectivity index (χ1n) is 5.00. The molecule has 0 atom stereocenters. The van der Waals surface area contributed by atoms with E-state index in [1.54, 1.807) is 0 Å². The molecule has 1 aliphatic carbocycles. The molecule has 1 aliphatic rings. The summed E-state index contributed by atoms with van der Waals surface area (Å²) in [4.78, 5) is 4.38. The van der Waals surface area contributed by atoms with Crippen molar-refractivity contribution < 1.29 is 0 Å². The standard InChI is InChI=1S/C11H13N3/c1-7-3-2-4-9-10(7)14(8-5-6-8)11(12)13-9/h2-4,8H,5-6H2,1H3,(H2,12,13). The number of imidazole rings is 1. The van der Waals surface area contributed by atoms with E-state index < -0.39 is 0 Å². The van der Waals surface area contributed by atoms with E-state index in [-0.39, 0.29) is 0 Å². The second kappa shape index (κ2) is 2.50. The molecule has 0 bridgehead atoms. The van der Waals surface area contributed by atoms with Crippen molar-refractivity contribution in [2.75, 3.05) is 5.73 Å². The van der Waals surface area contributed by atoms with Gasteiger partial charge in [0.05, 0.1) is 11.0 Å². The number of aromatic nitrogens is 2. The highest BCUT2D eigenvalue weighted by Crippen LogP contribution is 2.40. The van der Waals surface area contributed by atoms with Crippen molar-refractivity contribution in [1.29, 1.82) is 0 Å². The Hall–Kier alpha value is -1.51. The van der Waals surface area contributed by atoms with E-state index in [1.165, 1.54) is 23.9 Å². The van der Waals surface area contributed by atoms with Crippen molar-refractivity contribution in [3.63, 3.8) is 0 Å². The van der Waals surface area contributed by atoms with Gasteiger partial charge in [-0.1, -0.05) is 12.1 Å². The Balaban J connectivity index is 2.39. The van der Waals surface area contributed by atoms with Crippen LogP contribution in [0.25, 0.3) is 11.0 Å². The number of anilines is 1. The highest BCUT2D eigenvalue weighted by atomic mass is 15.2. The van der Waals surface area contributed by atoms with E-state index in [0.29, 0.717) is 12.0 Å². The van der Waals surface area contributed by atoms with Crippen molar-refractivity contribution in [2.45, 2.75) is 25.8 Å². The summed E-state index contributed by atoms with van der Waals surface area (Å²) in [5, 5.41) is 0. The Kier molecular flexibility index (Phi) is 1.40. The summed E-state index contributed by atoms with van der Waals surface area (Å²) < 4.78 is 2.19. The molecule has 3 heteroatoms. The molecule has 0 aliphatic heterocycles. The molecule has 1 fully saturated rings. The van der Waals surface area contributed by atoms with Gasteiger partial charge in [-0.2, -0.15) is 0 Å². The first-order chi connectivity index (χ1) is 6.77. The van der Waals surface area contributed by atoms with Crippen LogP contribution in [-0.2, 0) is 0 Å². The van der Waals surface area contributed by atoms with E-state index >= 15 is 0 Å². The maximum absolute atomic E-state index is 5.92. The van der Waals surface area contributed by atoms with Crippen LogP contribution >= 0.6 is 0 Å². The number of nitrogens with two attached hydrogens (primary N) is 1. The first-order valence-corrected chi connectivity index (χ1v) is 5.00. The van der Waals surface area contributed by atoms with E-state index in [0.717, 1.165) is 5.52 Å². The zero-order chi connectivity index (χ0) is 9.71. The molecular weight excluding hydrogens is 174 g/mol. The average Bonchev–Trinajstić information content (AvgIpc) is 2.90. The number of nitrogen functional groups attached to an aromatic ring is 1. The smallest absolute Gasteiger partial charge is 0.201 e. The van der Waals surface area contributed by atoms with Gasteiger partial charge < -0.3 is 10.3 Å². The number of aryl methyl sites for hydroxylation is 1. The maximum Gasteiger partial charge on any atom is 0.201 e. The Morgan fingerprint density at radius 2 is 2.21 bits per heavy atom. The van der Waals surface area contributed by atoms with E-state index in [1.807, 2.05) is 12.1 Å². The van der Waals surface area contributed by atoms with Gasteiger partial charge in [0.15, 0.2) is 0 Å². The quantitative estimate of drug-likeness (QED) is 0.744. The number of fused-ring (bicyclic) bond motifs is 1. The lowest BCUT2D eigenvalue weighted by atomic mass is 10.2. The third-order valence-corrected chi connectivity index (χ3v) is 2.85. The normalized spacial score (nSPS) is 16.4. The van der Waals surface area contributed by atoms with Crippen LogP contribution in [0.5, 0.6) is 0 Å². The van der Waals surface area contributed by atoms with Gasteiger partial charge in [0.2, 0.25) is 5.95 Å². The van der Waals surface area contributed by atoms with Gasteiger partial charge >= 0.3 is 0 Å². The number of hydrogen-bond acceptors (Lipinski definition) is 2. The monoisotopic (exact) mass is 187 g/mol. The van der Waals surface area contributed by atoms with Crippen LogP contribution < -0.4 is 5.73 Å². The highest BCUT2D eigenvalue weighted by Gasteiger charge is 2.27. The molecule has 2 aromatic rings. The lowest BCUT2D eigenvalue weighted by molar-refractivity contribution is 0.777. The summed E-state index contributed by atoms with van der Waals surface area (Å²) in [5.41, 5.74) is 9.42. The third-order valence-electron chi connectivity index (χ3n) is 2.85. The molecule has 0 amide bonds. The summed E-state index contributed by atoms with van der Waals surface area (Å²) in [6.45, 7) is 2.11. The molecule has 72 valence electrons. The number of para-hydroxylation sites is 1. The minimum Gasteiger partial charge on any atom is -0.369 e. The van der Waals surface area contributed by atoms with Crippen LogP contribution in [0.2, 0.25) is 0 Å². The predicted octanol–water partition coefficient (Wildman–Crippen LogP) is 2.26. The van der Waals surface area contributed by atoms with E-state index in [2.05, 4.69) is 22.5 Å². The van der Waals surface area contributed by atoms with Crippen LogP contribution in [-0.4, -0.2) is 9.55 Å². The zero-order valence-electron chi connectivity index (χ0n) is 8.20. The fourth-order valence-electron chi connectivity index (χ4n) is 2.04. The summed E-state index contributed by atoms with van der Waals surface area (Å²) in [5.74, 6) is 0.664. The second-order valence-electron chi connectivity index (χ2n) is 4.01. The summed E-state index contributed by atoms with van der Waals surface area (Å²) in [6.07, 6.45) is 2.48. The topological polar surface area (TPSA) is 43.8 Å². The van der Waals surface area contributed by atoms with Crippen LogP contribution in [0.15, 0.2) is 18.2 Å². The van der Waals surface area contributed by atoms with Crippen LogP contribution in [0.4, 0.5) is 5.95 Å². The van der Waals surface area contributed by atoms with Crippen LogP contribution in [0, 0.1) is 6.92 Å². The summed E-state index contributed by atoms with van der Waals surface area (Å²) in [6, 6.07) is 6.77. The largest absolute Gasteiger partial charge is 0.369 e. The van der Waals surface area contributed by atoms with Gasteiger partial charge in [0, 0.05) is 6.04 Å². The zero-order valence-corrected chi connectivity index (χ0v) is 8.20. The van der Waals surface area contributed by atoms with Crippen molar-refractivity contribution in [3.8, 4) is 0 Å². The molecule has 0 spiro atoms. The molecule has 1 heterocycles. The summed E-state index contributed by atoms with van der Waals surface area (Å²) in [7, 11) is 0. The van der Waals surface area contributed by atoms with Crippen molar-refractivity contribution in [1.82, 2.24) is 9.55 Å². The molecule has 3 nitrogen and oxygen atoms in total. The molecule has 3 rings (SSSR count). The van der Waals surface area contributed by atoms with Gasteiger partial charge in [-0.3, -0.25) is 0 Å². The Bertz CT molecular complexity index is 494.